The first-order valence-corrected chi connectivity index (χ1v) is 5.70. The highest BCUT2D eigenvalue weighted by Crippen LogP contribution is 2.26. The Morgan fingerprint density at radius 1 is 1.38 bits per heavy atom. The number of hydrogen-bond donors (Lipinski definition) is 1. The van der Waals surface area contributed by atoms with Crippen molar-refractivity contribution in [3.63, 3.8) is 0 Å². The number of benzene rings is 1. The minimum atomic E-state index is -0.0770. The summed E-state index contributed by atoms with van der Waals surface area (Å²) in [6.45, 7) is 3.41. The third kappa shape index (κ3) is 2.22. The van der Waals surface area contributed by atoms with Crippen LogP contribution in [-0.4, -0.2) is 10.9 Å². The molecule has 1 aromatic heterocycles. The number of fused-ring (bicyclic) bond motifs is 1. The molecule has 0 bridgehead atoms. The van der Waals surface area contributed by atoms with Crippen LogP contribution in [0, 0.1) is 6.92 Å². The van der Waals surface area contributed by atoms with E-state index in [0.717, 1.165) is 26.8 Å². The van der Waals surface area contributed by atoms with Crippen LogP contribution in [-0.2, 0) is 4.79 Å². The van der Waals surface area contributed by atoms with Crippen molar-refractivity contribution in [2.24, 2.45) is 0 Å². The minimum absolute atomic E-state index is 0.0770. The van der Waals surface area contributed by atoms with Gasteiger partial charge in [-0.25, -0.2) is 0 Å². The Labute approximate surface area is 102 Å². The van der Waals surface area contributed by atoms with Crippen LogP contribution >= 0.6 is 15.9 Å². The number of rotatable bonds is 1. The van der Waals surface area contributed by atoms with Crippen molar-refractivity contribution in [1.29, 1.82) is 0 Å². The van der Waals surface area contributed by atoms with Gasteiger partial charge in [-0.3, -0.25) is 9.78 Å². The summed E-state index contributed by atoms with van der Waals surface area (Å²) in [7, 11) is 0. The van der Waals surface area contributed by atoms with Gasteiger partial charge in [-0.15, -0.1) is 0 Å². The van der Waals surface area contributed by atoms with E-state index in [9.17, 15) is 4.79 Å². The molecule has 82 valence electrons. The van der Waals surface area contributed by atoms with Crippen molar-refractivity contribution >= 4 is 38.4 Å². The fraction of sp³-hybridized carbons (Fsp3) is 0.167. The van der Waals surface area contributed by atoms with E-state index < -0.39 is 0 Å². The molecule has 1 amide bonds. The molecule has 1 heterocycles. The highest BCUT2D eigenvalue weighted by atomic mass is 79.9. The Bertz CT molecular complexity index is 566. The average molecular weight is 279 g/mol. The number of amides is 1. The van der Waals surface area contributed by atoms with Crippen LogP contribution in [0.1, 0.15) is 12.6 Å². The lowest BCUT2D eigenvalue weighted by molar-refractivity contribution is -0.114. The maximum atomic E-state index is 11.1. The Balaban J connectivity index is 2.69. The van der Waals surface area contributed by atoms with E-state index in [2.05, 4.69) is 26.2 Å². The number of anilines is 1. The van der Waals surface area contributed by atoms with Gasteiger partial charge in [0.05, 0.1) is 11.2 Å². The van der Waals surface area contributed by atoms with Gasteiger partial charge in [-0.2, -0.15) is 0 Å². The third-order valence-electron chi connectivity index (χ3n) is 2.21. The molecule has 0 fully saturated rings. The second kappa shape index (κ2) is 4.22. The number of carbonyl (C=O) groups excluding carboxylic acids is 1. The number of aryl methyl sites for hydroxylation is 1. The van der Waals surface area contributed by atoms with Crippen molar-refractivity contribution in [3.8, 4) is 0 Å². The summed E-state index contributed by atoms with van der Waals surface area (Å²) < 4.78 is 0.970. The first-order valence-electron chi connectivity index (χ1n) is 4.91. The van der Waals surface area contributed by atoms with E-state index in [1.165, 1.54) is 6.92 Å². The van der Waals surface area contributed by atoms with Crippen LogP contribution in [0.15, 0.2) is 28.7 Å². The van der Waals surface area contributed by atoms with E-state index in [1.54, 1.807) is 0 Å². The molecule has 16 heavy (non-hydrogen) atoms. The Morgan fingerprint density at radius 3 is 2.81 bits per heavy atom. The second-order valence-corrected chi connectivity index (χ2v) is 4.57. The number of halogens is 1. The molecule has 1 aromatic carbocycles. The number of carbonyl (C=O) groups is 1. The lowest BCUT2D eigenvalue weighted by atomic mass is 10.1. The van der Waals surface area contributed by atoms with Gasteiger partial charge in [-0.05, 0) is 31.2 Å². The highest BCUT2D eigenvalue weighted by molar-refractivity contribution is 9.10. The van der Waals surface area contributed by atoms with Crippen LogP contribution < -0.4 is 5.32 Å². The summed E-state index contributed by atoms with van der Waals surface area (Å²) in [5.41, 5.74) is 2.57. The van der Waals surface area contributed by atoms with E-state index in [0.29, 0.717) is 0 Å². The maximum Gasteiger partial charge on any atom is 0.221 e. The summed E-state index contributed by atoms with van der Waals surface area (Å²) in [5, 5.41) is 3.76. The lowest BCUT2D eigenvalue weighted by Crippen LogP contribution is -2.06. The Kier molecular flexibility index (Phi) is 2.92. The average Bonchev–Trinajstić information content (AvgIpc) is 2.18. The molecule has 0 spiro atoms. The predicted molar refractivity (Wildman–Crippen MR) is 68.5 cm³/mol. The molecule has 0 aliphatic rings. The molecule has 3 nitrogen and oxygen atoms in total. The molecule has 0 saturated carbocycles. The molecule has 4 heteroatoms. The molecular formula is C12H11BrN2O. The van der Waals surface area contributed by atoms with Gasteiger partial charge in [-0.1, -0.05) is 15.9 Å². The molecule has 0 atom stereocenters. The largest absolute Gasteiger partial charge is 0.326 e. The van der Waals surface area contributed by atoms with E-state index in [4.69, 9.17) is 0 Å². The Hall–Kier alpha value is -1.42. The molecule has 0 aliphatic carbocycles. The summed E-state index contributed by atoms with van der Waals surface area (Å²) in [6, 6.07) is 7.69. The number of nitrogens with one attached hydrogen (secondary N) is 1. The van der Waals surface area contributed by atoms with Gasteiger partial charge in [0.1, 0.15) is 0 Å². The number of nitrogens with zero attached hydrogens (tertiary/aromatic N) is 1. The first kappa shape index (κ1) is 11.1. The molecule has 0 radical (unpaired) electrons. The van der Waals surface area contributed by atoms with Crippen molar-refractivity contribution in [2.75, 3.05) is 5.32 Å². The zero-order chi connectivity index (χ0) is 11.7. The quantitative estimate of drug-likeness (QED) is 0.870. The van der Waals surface area contributed by atoms with Gasteiger partial charge < -0.3 is 5.32 Å². The van der Waals surface area contributed by atoms with Crippen LogP contribution in [0.4, 0.5) is 5.69 Å². The van der Waals surface area contributed by atoms with Crippen LogP contribution in [0.3, 0.4) is 0 Å². The highest BCUT2D eigenvalue weighted by Gasteiger charge is 2.05. The smallest absolute Gasteiger partial charge is 0.221 e. The van der Waals surface area contributed by atoms with E-state index in [-0.39, 0.29) is 5.91 Å². The molecular weight excluding hydrogens is 268 g/mol. The summed E-state index contributed by atoms with van der Waals surface area (Å²) in [5.74, 6) is -0.0770. The second-order valence-electron chi connectivity index (χ2n) is 3.65. The summed E-state index contributed by atoms with van der Waals surface area (Å²) in [6.07, 6.45) is 0. The molecule has 0 aliphatic heterocycles. The van der Waals surface area contributed by atoms with Crippen LogP contribution in [0.2, 0.25) is 0 Å². The van der Waals surface area contributed by atoms with Gasteiger partial charge in [0.25, 0.3) is 0 Å². The minimum Gasteiger partial charge on any atom is -0.326 e. The Morgan fingerprint density at radius 2 is 2.12 bits per heavy atom. The topological polar surface area (TPSA) is 42.0 Å². The predicted octanol–water partition coefficient (Wildman–Crippen LogP) is 3.26. The van der Waals surface area contributed by atoms with Gasteiger partial charge >= 0.3 is 0 Å². The van der Waals surface area contributed by atoms with Crippen LogP contribution in [0.5, 0.6) is 0 Å². The standard InChI is InChI=1S/C12H11BrN2O/c1-7-5-12(15-8(2)16)10-6-9(13)3-4-11(10)14-7/h3-6H,1-2H3,(H,14,15,16). The number of hydrogen-bond acceptors (Lipinski definition) is 2. The normalized spacial score (nSPS) is 10.4. The van der Waals surface area contributed by atoms with E-state index >= 15 is 0 Å². The summed E-state index contributed by atoms with van der Waals surface area (Å²) in [4.78, 5) is 15.5. The van der Waals surface area contributed by atoms with Crippen molar-refractivity contribution < 1.29 is 4.79 Å². The zero-order valence-electron chi connectivity index (χ0n) is 9.04. The third-order valence-corrected chi connectivity index (χ3v) is 2.70. The van der Waals surface area contributed by atoms with Gasteiger partial charge in [0.2, 0.25) is 5.91 Å². The van der Waals surface area contributed by atoms with Crippen molar-refractivity contribution in [3.05, 3.63) is 34.4 Å². The number of pyridine rings is 1. The molecule has 1 N–H and O–H groups in total. The maximum absolute atomic E-state index is 11.1. The fourth-order valence-corrected chi connectivity index (χ4v) is 1.98. The molecule has 2 aromatic rings. The number of aromatic nitrogens is 1. The first-order chi connectivity index (χ1) is 7.56. The monoisotopic (exact) mass is 278 g/mol. The van der Waals surface area contributed by atoms with Crippen molar-refractivity contribution in [1.82, 2.24) is 4.98 Å². The van der Waals surface area contributed by atoms with Crippen molar-refractivity contribution in [2.45, 2.75) is 13.8 Å². The van der Waals surface area contributed by atoms with Crippen LogP contribution in [0.25, 0.3) is 10.9 Å². The zero-order valence-corrected chi connectivity index (χ0v) is 10.6. The lowest BCUT2D eigenvalue weighted by Gasteiger charge is -2.08. The molecule has 0 unspecified atom stereocenters. The SMILES string of the molecule is CC(=O)Nc1cc(C)nc2ccc(Br)cc12. The molecule has 0 saturated heterocycles. The molecule has 2 rings (SSSR count). The fourth-order valence-electron chi connectivity index (χ4n) is 1.62. The van der Waals surface area contributed by atoms with Gasteiger partial charge in [0.15, 0.2) is 0 Å². The van der Waals surface area contributed by atoms with Gasteiger partial charge in [0, 0.05) is 22.5 Å². The van der Waals surface area contributed by atoms with E-state index in [1.807, 2.05) is 31.2 Å². The summed E-state index contributed by atoms with van der Waals surface area (Å²) >= 11 is 3.41.